The van der Waals surface area contributed by atoms with E-state index in [0.717, 1.165) is 5.69 Å². The van der Waals surface area contributed by atoms with E-state index in [-0.39, 0.29) is 5.91 Å². The van der Waals surface area contributed by atoms with Gasteiger partial charge in [-0.1, -0.05) is 12.1 Å². The second-order valence-corrected chi connectivity index (χ2v) is 3.77. The van der Waals surface area contributed by atoms with Gasteiger partial charge in [-0.05, 0) is 18.6 Å². The van der Waals surface area contributed by atoms with Gasteiger partial charge in [-0.25, -0.2) is 0 Å². The van der Waals surface area contributed by atoms with E-state index in [0.29, 0.717) is 5.75 Å². The quantitative estimate of drug-likeness (QED) is 0.660. The highest BCUT2D eigenvalue weighted by atomic mass is 32.2. The van der Waals surface area contributed by atoms with E-state index in [2.05, 4.69) is 18.3 Å². The lowest BCUT2D eigenvalue weighted by Crippen LogP contribution is -2.18. The molecule has 1 aromatic rings. The summed E-state index contributed by atoms with van der Waals surface area (Å²) in [6.07, 6.45) is 0. The van der Waals surface area contributed by atoms with Crippen LogP contribution in [0.4, 0.5) is 5.69 Å². The van der Waals surface area contributed by atoms with Gasteiger partial charge in [0, 0.05) is 4.90 Å². The molecule has 0 fully saturated rings. The molecule has 0 saturated heterocycles. The van der Waals surface area contributed by atoms with Gasteiger partial charge in [-0.2, -0.15) is 0 Å². The summed E-state index contributed by atoms with van der Waals surface area (Å²) in [5.41, 5.74) is 2.19. The second kappa shape index (κ2) is 2.83. The van der Waals surface area contributed by atoms with Crippen molar-refractivity contribution in [3.8, 4) is 0 Å². The van der Waals surface area contributed by atoms with Crippen molar-refractivity contribution >= 4 is 23.4 Å². The van der Waals surface area contributed by atoms with Gasteiger partial charge in [-0.3, -0.25) is 4.79 Å². The van der Waals surface area contributed by atoms with E-state index in [4.69, 9.17) is 0 Å². The van der Waals surface area contributed by atoms with Gasteiger partial charge in [0.1, 0.15) is 0 Å². The van der Waals surface area contributed by atoms with Crippen LogP contribution in [-0.4, -0.2) is 11.7 Å². The van der Waals surface area contributed by atoms with Crippen LogP contribution in [0.1, 0.15) is 5.56 Å². The highest BCUT2D eigenvalue weighted by Gasteiger charge is 2.15. The van der Waals surface area contributed by atoms with Crippen LogP contribution in [0.15, 0.2) is 23.1 Å². The number of amides is 1. The van der Waals surface area contributed by atoms with Gasteiger partial charge in [0.25, 0.3) is 0 Å². The van der Waals surface area contributed by atoms with E-state index in [9.17, 15) is 4.79 Å². The molecule has 0 radical (unpaired) electrons. The van der Waals surface area contributed by atoms with Crippen molar-refractivity contribution in [1.29, 1.82) is 0 Å². The van der Waals surface area contributed by atoms with Gasteiger partial charge in [0.2, 0.25) is 5.91 Å². The molecule has 1 aliphatic rings. The minimum absolute atomic E-state index is 0.0955. The first-order chi connectivity index (χ1) is 5.77. The van der Waals surface area contributed by atoms with Crippen molar-refractivity contribution in [2.75, 3.05) is 11.1 Å². The fourth-order valence-corrected chi connectivity index (χ4v) is 2.18. The van der Waals surface area contributed by atoms with E-state index >= 15 is 0 Å². The molecule has 1 amide bonds. The van der Waals surface area contributed by atoms with Gasteiger partial charge in [0.05, 0.1) is 11.4 Å². The molecule has 0 spiro atoms. The maximum atomic E-state index is 11.0. The van der Waals surface area contributed by atoms with Crippen LogP contribution in [0.25, 0.3) is 0 Å². The van der Waals surface area contributed by atoms with E-state index < -0.39 is 0 Å². The molecule has 0 aromatic heterocycles. The first-order valence-corrected chi connectivity index (χ1v) is 4.78. The Kier molecular flexibility index (Phi) is 1.81. The maximum absolute atomic E-state index is 11.0. The summed E-state index contributed by atoms with van der Waals surface area (Å²) in [7, 11) is 0. The van der Waals surface area contributed by atoms with E-state index in [1.807, 2.05) is 12.1 Å². The van der Waals surface area contributed by atoms with Crippen LogP contribution >= 0.6 is 11.8 Å². The Balaban J connectivity index is 2.48. The zero-order valence-electron chi connectivity index (χ0n) is 6.76. The Morgan fingerprint density at radius 1 is 1.50 bits per heavy atom. The lowest BCUT2D eigenvalue weighted by Gasteiger charge is -2.17. The minimum Gasteiger partial charge on any atom is -0.324 e. The molecule has 1 aliphatic heterocycles. The van der Waals surface area contributed by atoms with Gasteiger partial charge >= 0.3 is 0 Å². The molecule has 62 valence electrons. The van der Waals surface area contributed by atoms with Gasteiger partial charge < -0.3 is 5.32 Å². The fraction of sp³-hybridized carbons (Fsp3) is 0.222. The zero-order chi connectivity index (χ0) is 8.55. The Morgan fingerprint density at radius 3 is 3.17 bits per heavy atom. The molecule has 2 nitrogen and oxygen atoms in total. The Labute approximate surface area is 75.4 Å². The zero-order valence-corrected chi connectivity index (χ0v) is 7.57. The highest BCUT2D eigenvalue weighted by Crippen LogP contribution is 2.33. The number of aryl methyl sites for hydroxylation is 1. The van der Waals surface area contributed by atoms with Crippen molar-refractivity contribution < 1.29 is 4.79 Å². The number of hydrogen-bond donors (Lipinski definition) is 1. The Morgan fingerprint density at radius 2 is 2.33 bits per heavy atom. The topological polar surface area (TPSA) is 29.1 Å². The van der Waals surface area contributed by atoms with Crippen LogP contribution in [0.3, 0.4) is 0 Å². The fourth-order valence-electron chi connectivity index (χ4n) is 1.27. The van der Waals surface area contributed by atoms with Crippen molar-refractivity contribution in [2.45, 2.75) is 11.8 Å². The molecule has 2 rings (SSSR count). The van der Waals surface area contributed by atoms with Crippen LogP contribution < -0.4 is 5.32 Å². The lowest BCUT2D eigenvalue weighted by atomic mass is 10.2. The first-order valence-electron chi connectivity index (χ1n) is 3.79. The van der Waals surface area contributed by atoms with Gasteiger partial charge in [0.15, 0.2) is 0 Å². The predicted molar refractivity (Wildman–Crippen MR) is 50.5 cm³/mol. The first kappa shape index (κ1) is 7.68. The number of nitrogens with one attached hydrogen (secondary N) is 1. The molecule has 0 unspecified atom stereocenters. The number of anilines is 1. The summed E-state index contributed by atoms with van der Waals surface area (Å²) in [5.74, 6) is 0.635. The predicted octanol–water partition coefficient (Wildman–Crippen LogP) is 2.04. The lowest BCUT2D eigenvalue weighted by molar-refractivity contribution is -0.113. The molecule has 1 heterocycles. The molecule has 1 aromatic carbocycles. The standard InChI is InChI=1S/C9H9NOS/c1-6-3-2-4-7-9(6)12-5-8(11)10-7/h2-4H,5H2,1H3,(H,10,11). The van der Waals surface area contributed by atoms with Crippen LogP contribution in [0, 0.1) is 6.92 Å². The van der Waals surface area contributed by atoms with Crippen molar-refractivity contribution in [3.05, 3.63) is 23.8 Å². The third-order valence-corrected chi connectivity index (χ3v) is 3.07. The van der Waals surface area contributed by atoms with Crippen LogP contribution in [-0.2, 0) is 4.79 Å². The monoisotopic (exact) mass is 179 g/mol. The summed E-state index contributed by atoms with van der Waals surface area (Å²) in [4.78, 5) is 12.2. The van der Waals surface area contributed by atoms with Crippen molar-refractivity contribution in [1.82, 2.24) is 0 Å². The molecular weight excluding hydrogens is 170 g/mol. The van der Waals surface area contributed by atoms with E-state index in [1.165, 1.54) is 10.5 Å². The highest BCUT2D eigenvalue weighted by molar-refractivity contribution is 8.00. The Bertz CT molecular complexity index is 335. The number of fused-ring (bicyclic) bond motifs is 1. The largest absolute Gasteiger partial charge is 0.324 e. The number of rotatable bonds is 0. The molecular formula is C9H9NOS. The number of carbonyl (C=O) groups excluding carboxylic acids is 1. The Hall–Kier alpha value is -0.960. The average Bonchev–Trinajstić information content (AvgIpc) is 2.04. The summed E-state index contributed by atoms with van der Waals surface area (Å²) in [6.45, 7) is 2.06. The molecule has 1 N–H and O–H groups in total. The molecule has 0 aliphatic carbocycles. The number of hydrogen-bond acceptors (Lipinski definition) is 2. The number of benzene rings is 1. The summed E-state index contributed by atoms with van der Waals surface area (Å²) < 4.78 is 0. The van der Waals surface area contributed by atoms with Crippen LogP contribution in [0.5, 0.6) is 0 Å². The molecule has 12 heavy (non-hydrogen) atoms. The smallest absolute Gasteiger partial charge is 0.234 e. The van der Waals surface area contributed by atoms with Crippen molar-refractivity contribution in [3.63, 3.8) is 0 Å². The summed E-state index contributed by atoms with van der Waals surface area (Å²) in [6, 6.07) is 5.95. The number of carbonyl (C=O) groups is 1. The average molecular weight is 179 g/mol. The second-order valence-electron chi connectivity index (χ2n) is 2.79. The van der Waals surface area contributed by atoms with Crippen LogP contribution in [0.2, 0.25) is 0 Å². The van der Waals surface area contributed by atoms with Crippen molar-refractivity contribution in [2.24, 2.45) is 0 Å². The van der Waals surface area contributed by atoms with Gasteiger partial charge in [-0.15, -0.1) is 11.8 Å². The normalized spacial score (nSPS) is 15.2. The summed E-state index contributed by atoms with van der Waals surface area (Å²) >= 11 is 1.61. The molecule has 0 saturated carbocycles. The molecule has 0 bridgehead atoms. The summed E-state index contributed by atoms with van der Waals surface area (Å²) in [5, 5.41) is 2.84. The maximum Gasteiger partial charge on any atom is 0.234 e. The third-order valence-electron chi connectivity index (χ3n) is 1.83. The molecule has 0 atom stereocenters. The minimum atomic E-state index is 0.0955. The molecule has 3 heteroatoms. The number of thioether (sulfide) groups is 1. The SMILES string of the molecule is Cc1cccc2c1SCC(=O)N2. The van der Waals surface area contributed by atoms with E-state index in [1.54, 1.807) is 11.8 Å². The third kappa shape index (κ3) is 1.20.